The molecule has 160 valence electrons. The fourth-order valence-electron chi connectivity index (χ4n) is 3.00. The molecule has 0 amide bonds. The Bertz CT molecular complexity index is 1070. The molecule has 1 aliphatic heterocycles. The predicted octanol–water partition coefficient (Wildman–Crippen LogP) is 4.16. The van der Waals surface area contributed by atoms with Gasteiger partial charge >= 0.3 is 0 Å². The molecule has 1 fully saturated rings. The standard InChI is InChI=1S/C18H23ClN2O5S3/c1-13(2)26-16-7-6-14(29(24,25)21-10-4-3-5-11-21)12-15(16)20-28(22,23)18-9-8-17(19)27-18/h6-9,12-13,20H,3-5,10-11H2,1-2H3. The predicted molar refractivity (Wildman–Crippen MR) is 115 cm³/mol. The van der Waals surface area contributed by atoms with E-state index in [1.165, 1.54) is 34.6 Å². The summed E-state index contributed by atoms with van der Waals surface area (Å²) in [4.78, 5) is 0.0254. The molecular formula is C18H23ClN2O5S3. The monoisotopic (exact) mass is 478 g/mol. The number of nitrogens with zero attached hydrogens (tertiary/aromatic N) is 1. The number of anilines is 1. The second-order valence-corrected chi connectivity index (χ2v) is 12.5. The molecule has 1 aromatic carbocycles. The molecular weight excluding hydrogens is 456 g/mol. The Balaban J connectivity index is 2.00. The van der Waals surface area contributed by atoms with Gasteiger partial charge in [0.15, 0.2) is 0 Å². The van der Waals surface area contributed by atoms with Crippen LogP contribution in [0.4, 0.5) is 5.69 Å². The maximum Gasteiger partial charge on any atom is 0.271 e. The highest BCUT2D eigenvalue weighted by Gasteiger charge is 2.28. The first-order chi connectivity index (χ1) is 13.6. The SMILES string of the molecule is CC(C)Oc1ccc(S(=O)(=O)N2CCCCC2)cc1NS(=O)(=O)c1ccc(Cl)s1. The first kappa shape index (κ1) is 22.4. The van der Waals surface area contributed by atoms with E-state index in [1.54, 1.807) is 13.8 Å². The van der Waals surface area contributed by atoms with Gasteiger partial charge in [-0.05, 0) is 57.0 Å². The van der Waals surface area contributed by atoms with Crippen LogP contribution < -0.4 is 9.46 Å². The molecule has 0 saturated carbocycles. The van der Waals surface area contributed by atoms with E-state index >= 15 is 0 Å². The first-order valence-electron chi connectivity index (χ1n) is 9.18. The second-order valence-electron chi connectivity index (χ2n) is 6.95. The maximum atomic E-state index is 13.0. The molecule has 0 atom stereocenters. The first-order valence-corrected chi connectivity index (χ1v) is 13.3. The summed E-state index contributed by atoms with van der Waals surface area (Å²) < 4.78 is 61.4. The summed E-state index contributed by atoms with van der Waals surface area (Å²) in [5.41, 5.74) is 0.0707. The van der Waals surface area contributed by atoms with Gasteiger partial charge in [0.1, 0.15) is 9.96 Å². The van der Waals surface area contributed by atoms with Crippen molar-refractivity contribution in [2.24, 2.45) is 0 Å². The number of thiophene rings is 1. The highest BCUT2D eigenvalue weighted by molar-refractivity contribution is 7.94. The summed E-state index contributed by atoms with van der Waals surface area (Å²) >= 11 is 6.77. The molecule has 1 aliphatic rings. The van der Waals surface area contributed by atoms with Crippen LogP contribution in [0.3, 0.4) is 0 Å². The van der Waals surface area contributed by atoms with E-state index in [-0.39, 0.29) is 26.6 Å². The molecule has 0 aliphatic carbocycles. The van der Waals surface area contributed by atoms with E-state index in [0.29, 0.717) is 17.4 Å². The van der Waals surface area contributed by atoms with Crippen LogP contribution in [-0.4, -0.2) is 40.3 Å². The molecule has 1 saturated heterocycles. The van der Waals surface area contributed by atoms with E-state index in [9.17, 15) is 16.8 Å². The summed E-state index contributed by atoms with van der Waals surface area (Å²) in [6.45, 7) is 4.52. The van der Waals surface area contributed by atoms with Crippen LogP contribution in [0.25, 0.3) is 0 Å². The van der Waals surface area contributed by atoms with Gasteiger partial charge in [0, 0.05) is 13.1 Å². The molecule has 0 unspecified atom stereocenters. The fraction of sp³-hybridized carbons (Fsp3) is 0.444. The minimum Gasteiger partial charge on any atom is -0.489 e. The molecule has 11 heteroatoms. The van der Waals surface area contributed by atoms with Crippen molar-refractivity contribution in [2.75, 3.05) is 17.8 Å². The van der Waals surface area contributed by atoms with Crippen LogP contribution >= 0.6 is 22.9 Å². The number of halogens is 1. The smallest absolute Gasteiger partial charge is 0.271 e. The van der Waals surface area contributed by atoms with Crippen molar-refractivity contribution in [3.63, 3.8) is 0 Å². The Hall–Kier alpha value is -1.33. The van der Waals surface area contributed by atoms with Crippen LogP contribution in [0, 0.1) is 0 Å². The Morgan fingerprint density at radius 1 is 1.07 bits per heavy atom. The third-order valence-electron chi connectivity index (χ3n) is 4.32. The van der Waals surface area contributed by atoms with E-state index < -0.39 is 20.0 Å². The highest BCUT2D eigenvalue weighted by atomic mass is 35.5. The van der Waals surface area contributed by atoms with E-state index in [1.807, 2.05) is 0 Å². The quantitative estimate of drug-likeness (QED) is 0.644. The molecule has 0 radical (unpaired) electrons. The van der Waals surface area contributed by atoms with Crippen molar-refractivity contribution in [3.05, 3.63) is 34.7 Å². The second kappa shape index (κ2) is 8.81. The van der Waals surface area contributed by atoms with Crippen LogP contribution in [0.2, 0.25) is 4.34 Å². The minimum absolute atomic E-state index is 0.0254. The molecule has 3 rings (SSSR count). The largest absolute Gasteiger partial charge is 0.489 e. The molecule has 2 aromatic rings. The van der Waals surface area contributed by atoms with Crippen LogP contribution in [0.5, 0.6) is 5.75 Å². The molecule has 2 heterocycles. The Morgan fingerprint density at radius 3 is 2.34 bits per heavy atom. The minimum atomic E-state index is -3.94. The van der Waals surface area contributed by atoms with E-state index in [4.69, 9.17) is 16.3 Å². The van der Waals surface area contributed by atoms with Crippen molar-refractivity contribution in [1.82, 2.24) is 4.31 Å². The molecule has 0 spiro atoms. The zero-order chi connectivity index (χ0) is 21.2. The van der Waals surface area contributed by atoms with Gasteiger partial charge in [-0.2, -0.15) is 4.31 Å². The van der Waals surface area contributed by atoms with Gasteiger partial charge in [-0.25, -0.2) is 16.8 Å². The zero-order valence-corrected chi connectivity index (χ0v) is 19.3. The third-order valence-corrected chi connectivity index (χ3v) is 9.31. The number of hydrogen-bond acceptors (Lipinski definition) is 6. The van der Waals surface area contributed by atoms with Gasteiger partial charge in [0.25, 0.3) is 10.0 Å². The highest BCUT2D eigenvalue weighted by Crippen LogP contribution is 2.34. The molecule has 1 N–H and O–H groups in total. The van der Waals surface area contributed by atoms with Crippen LogP contribution in [-0.2, 0) is 20.0 Å². The number of rotatable bonds is 7. The lowest BCUT2D eigenvalue weighted by molar-refractivity contribution is 0.243. The third kappa shape index (κ3) is 5.24. The van der Waals surface area contributed by atoms with E-state index in [0.717, 1.165) is 30.6 Å². The summed E-state index contributed by atoms with van der Waals surface area (Å²) in [5, 5.41) is 0. The lowest BCUT2D eigenvalue weighted by atomic mass is 10.2. The van der Waals surface area contributed by atoms with Crippen molar-refractivity contribution in [3.8, 4) is 5.75 Å². The van der Waals surface area contributed by atoms with Crippen LogP contribution in [0.1, 0.15) is 33.1 Å². The number of nitrogens with one attached hydrogen (secondary N) is 1. The van der Waals surface area contributed by atoms with Crippen molar-refractivity contribution in [2.45, 2.75) is 48.3 Å². The molecule has 0 bridgehead atoms. The average Bonchev–Trinajstić information content (AvgIpc) is 3.10. The normalized spacial score (nSPS) is 16.1. The van der Waals surface area contributed by atoms with Gasteiger partial charge in [0.2, 0.25) is 10.0 Å². The number of ether oxygens (including phenoxy) is 1. The maximum absolute atomic E-state index is 13.0. The Morgan fingerprint density at radius 2 is 1.76 bits per heavy atom. The van der Waals surface area contributed by atoms with Gasteiger partial charge < -0.3 is 4.74 Å². The summed E-state index contributed by atoms with van der Waals surface area (Å²) in [5.74, 6) is 0.254. The number of benzene rings is 1. The Kier molecular flexibility index (Phi) is 6.79. The number of piperidine rings is 1. The van der Waals surface area contributed by atoms with Gasteiger partial charge in [-0.15, -0.1) is 11.3 Å². The summed E-state index contributed by atoms with van der Waals surface area (Å²) in [6, 6.07) is 7.13. The van der Waals surface area contributed by atoms with Gasteiger partial charge in [-0.1, -0.05) is 18.0 Å². The van der Waals surface area contributed by atoms with Gasteiger partial charge in [0.05, 0.1) is 21.0 Å². The number of sulfonamides is 2. The topological polar surface area (TPSA) is 92.8 Å². The fourth-order valence-corrected chi connectivity index (χ4v) is 7.09. The molecule has 29 heavy (non-hydrogen) atoms. The van der Waals surface area contributed by atoms with Gasteiger partial charge in [-0.3, -0.25) is 4.72 Å². The number of hydrogen-bond donors (Lipinski definition) is 1. The molecule has 7 nitrogen and oxygen atoms in total. The molecule has 1 aromatic heterocycles. The lowest BCUT2D eigenvalue weighted by Gasteiger charge is -2.26. The lowest BCUT2D eigenvalue weighted by Crippen LogP contribution is -2.35. The van der Waals surface area contributed by atoms with Crippen molar-refractivity contribution < 1.29 is 21.6 Å². The average molecular weight is 479 g/mol. The zero-order valence-electron chi connectivity index (χ0n) is 16.1. The Labute approximate surface area is 180 Å². The summed E-state index contributed by atoms with van der Waals surface area (Å²) in [7, 11) is -7.66. The van der Waals surface area contributed by atoms with Crippen LogP contribution in [0.15, 0.2) is 39.4 Å². The summed E-state index contributed by atoms with van der Waals surface area (Å²) in [6.07, 6.45) is 2.40. The van der Waals surface area contributed by atoms with E-state index in [2.05, 4.69) is 4.72 Å². The van der Waals surface area contributed by atoms with Crippen molar-refractivity contribution >= 4 is 48.7 Å². The van der Waals surface area contributed by atoms with Crippen molar-refractivity contribution in [1.29, 1.82) is 0 Å².